The van der Waals surface area contributed by atoms with E-state index in [2.05, 4.69) is 22.3 Å². The Morgan fingerprint density at radius 3 is 2.81 bits per heavy atom. The summed E-state index contributed by atoms with van der Waals surface area (Å²) in [5.74, 6) is 0.874. The van der Waals surface area contributed by atoms with E-state index in [4.69, 9.17) is 4.52 Å². The van der Waals surface area contributed by atoms with E-state index in [-0.39, 0.29) is 12.5 Å². The molecule has 0 aliphatic carbocycles. The second-order valence-electron chi connectivity index (χ2n) is 7.07. The van der Waals surface area contributed by atoms with Crippen molar-refractivity contribution in [1.82, 2.24) is 19.9 Å². The quantitative estimate of drug-likeness (QED) is 0.806. The molecule has 7 nitrogen and oxygen atoms in total. The molecule has 0 saturated carbocycles. The minimum absolute atomic E-state index is 0.187. The second kappa shape index (κ2) is 7.97. The highest BCUT2D eigenvalue weighted by Gasteiger charge is 2.42. The Morgan fingerprint density at radius 1 is 1.35 bits per heavy atom. The van der Waals surface area contributed by atoms with Crippen LogP contribution in [0.3, 0.4) is 0 Å². The van der Waals surface area contributed by atoms with Gasteiger partial charge in [-0.25, -0.2) is 0 Å². The van der Waals surface area contributed by atoms with Crippen LogP contribution in [0.4, 0.5) is 0 Å². The molecular weight excluding hydrogens is 332 g/mol. The van der Waals surface area contributed by atoms with E-state index >= 15 is 0 Å². The molecular formula is C19H26N4O3. The zero-order chi connectivity index (χ0) is 18.6. The second-order valence-corrected chi connectivity index (χ2v) is 7.07. The molecule has 1 N–H and O–H groups in total. The molecule has 1 aliphatic heterocycles. The number of hydrogen-bond donors (Lipinski definition) is 1. The predicted molar refractivity (Wildman–Crippen MR) is 96.3 cm³/mol. The van der Waals surface area contributed by atoms with Gasteiger partial charge in [0, 0.05) is 19.6 Å². The summed E-state index contributed by atoms with van der Waals surface area (Å²) in [7, 11) is 1.84. The number of carbonyl (C=O) groups is 1. The van der Waals surface area contributed by atoms with E-state index in [1.165, 1.54) is 5.56 Å². The van der Waals surface area contributed by atoms with Gasteiger partial charge in [0.2, 0.25) is 5.89 Å². The summed E-state index contributed by atoms with van der Waals surface area (Å²) < 4.78 is 5.11. The third kappa shape index (κ3) is 4.47. The van der Waals surface area contributed by atoms with Crippen LogP contribution in [0.15, 0.2) is 34.9 Å². The number of aryl methyl sites for hydroxylation is 1. The summed E-state index contributed by atoms with van der Waals surface area (Å²) in [6.45, 7) is 3.73. The first-order chi connectivity index (χ1) is 12.5. The summed E-state index contributed by atoms with van der Waals surface area (Å²) in [6, 6.07) is 10.1. The number of aliphatic hydroxyl groups is 1. The largest absolute Gasteiger partial charge is 0.379 e. The lowest BCUT2D eigenvalue weighted by molar-refractivity contribution is -0.159. The van der Waals surface area contributed by atoms with Gasteiger partial charge in [0.05, 0.1) is 6.54 Å². The minimum atomic E-state index is -1.36. The summed E-state index contributed by atoms with van der Waals surface area (Å²) >= 11 is 0. The number of likely N-dealkylation sites (N-methyl/N-ethyl adjacent to an activating group) is 1. The van der Waals surface area contributed by atoms with Crippen molar-refractivity contribution in [2.24, 2.45) is 0 Å². The van der Waals surface area contributed by atoms with Gasteiger partial charge < -0.3 is 14.5 Å². The van der Waals surface area contributed by atoms with E-state index in [9.17, 15) is 9.90 Å². The zero-order valence-corrected chi connectivity index (χ0v) is 15.4. The highest BCUT2D eigenvalue weighted by atomic mass is 16.5. The maximum absolute atomic E-state index is 12.9. The molecule has 3 rings (SSSR count). The standard InChI is InChI=1S/C19H26N4O3/c1-15-20-17(26-21-15)13-22(2)14-19(25)10-6-11-23(18(19)24)12-9-16-7-4-3-5-8-16/h3-5,7-8,25H,6,9-14H2,1-2H3. The lowest BCUT2D eigenvalue weighted by atomic mass is 9.91. The Bertz CT molecular complexity index is 733. The van der Waals surface area contributed by atoms with Gasteiger partial charge >= 0.3 is 0 Å². The lowest BCUT2D eigenvalue weighted by Gasteiger charge is -2.40. The number of carbonyl (C=O) groups excluding carboxylic acids is 1. The van der Waals surface area contributed by atoms with Crippen LogP contribution in [0, 0.1) is 6.92 Å². The van der Waals surface area contributed by atoms with E-state index in [0.717, 1.165) is 12.8 Å². The fraction of sp³-hybridized carbons (Fsp3) is 0.526. The van der Waals surface area contributed by atoms with Crippen molar-refractivity contribution in [3.05, 3.63) is 47.6 Å². The van der Waals surface area contributed by atoms with Crippen LogP contribution in [-0.2, 0) is 17.8 Å². The van der Waals surface area contributed by atoms with Gasteiger partial charge in [0.15, 0.2) is 11.4 Å². The number of aromatic nitrogens is 2. The molecule has 1 aliphatic rings. The SMILES string of the molecule is Cc1noc(CN(C)CC2(O)CCCN(CCc3ccccc3)C2=O)n1. The number of amides is 1. The topological polar surface area (TPSA) is 82.7 Å². The van der Waals surface area contributed by atoms with Crippen molar-refractivity contribution in [3.8, 4) is 0 Å². The van der Waals surface area contributed by atoms with Crippen LogP contribution >= 0.6 is 0 Å². The summed E-state index contributed by atoms with van der Waals surface area (Å²) in [5, 5.41) is 14.7. The van der Waals surface area contributed by atoms with Crippen molar-refractivity contribution in [2.45, 2.75) is 38.3 Å². The van der Waals surface area contributed by atoms with E-state index in [0.29, 0.717) is 37.8 Å². The van der Waals surface area contributed by atoms with Gasteiger partial charge in [-0.15, -0.1) is 0 Å². The molecule has 26 heavy (non-hydrogen) atoms. The van der Waals surface area contributed by atoms with Crippen molar-refractivity contribution in [3.63, 3.8) is 0 Å². The Balaban J connectivity index is 1.58. The maximum atomic E-state index is 12.9. The van der Waals surface area contributed by atoms with Crippen molar-refractivity contribution >= 4 is 5.91 Å². The third-order valence-electron chi connectivity index (χ3n) is 4.72. The van der Waals surface area contributed by atoms with Crippen molar-refractivity contribution in [1.29, 1.82) is 0 Å². The molecule has 140 valence electrons. The van der Waals surface area contributed by atoms with Crippen LogP contribution in [0.25, 0.3) is 0 Å². The normalized spacial score (nSPS) is 20.8. The first-order valence-corrected chi connectivity index (χ1v) is 9.00. The Labute approximate surface area is 153 Å². The molecule has 1 amide bonds. The molecule has 1 aromatic carbocycles. The predicted octanol–water partition coefficient (Wildman–Crippen LogP) is 1.41. The van der Waals surface area contributed by atoms with Crippen LogP contribution in [0.5, 0.6) is 0 Å². The Morgan fingerprint density at radius 2 is 2.12 bits per heavy atom. The molecule has 1 unspecified atom stereocenters. The number of nitrogens with zero attached hydrogens (tertiary/aromatic N) is 4. The molecule has 0 radical (unpaired) electrons. The maximum Gasteiger partial charge on any atom is 0.255 e. The van der Waals surface area contributed by atoms with Gasteiger partial charge in [0.25, 0.3) is 5.91 Å². The lowest BCUT2D eigenvalue weighted by Crippen LogP contribution is -2.58. The molecule has 7 heteroatoms. The van der Waals surface area contributed by atoms with Gasteiger partial charge in [-0.2, -0.15) is 4.98 Å². The number of rotatable bonds is 7. The summed E-state index contributed by atoms with van der Waals surface area (Å²) in [5.41, 5.74) is -0.169. The van der Waals surface area contributed by atoms with Crippen LogP contribution in [-0.4, -0.2) is 63.2 Å². The summed E-state index contributed by atoms with van der Waals surface area (Å²) in [4.78, 5) is 20.7. The molecule has 1 fully saturated rings. The Kier molecular flexibility index (Phi) is 5.68. The van der Waals surface area contributed by atoms with Gasteiger partial charge in [-0.1, -0.05) is 35.5 Å². The molecule has 2 heterocycles. The van der Waals surface area contributed by atoms with Crippen LogP contribution in [0.2, 0.25) is 0 Å². The molecule has 0 bridgehead atoms. The average Bonchev–Trinajstić information content (AvgIpc) is 3.02. The van der Waals surface area contributed by atoms with Gasteiger partial charge in [-0.3, -0.25) is 9.69 Å². The number of hydrogen-bond acceptors (Lipinski definition) is 6. The molecule has 1 atom stereocenters. The van der Waals surface area contributed by atoms with E-state index in [1.54, 1.807) is 11.8 Å². The monoisotopic (exact) mass is 358 g/mol. The molecule has 0 spiro atoms. The van der Waals surface area contributed by atoms with Crippen LogP contribution < -0.4 is 0 Å². The number of piperidine rings is 1. The molecule has 1 aromatic heterocycles. The third-order valence-corrected chi connectivity index (χ3v) is 4.72. The van der Waals surface area contributed by atoms with Gasteiger partial charge in [-0.05, 0) is 38.8 Å². The number of likely N-dealkylation sites (tertiary alicyclic amines) is 1. The molecule has 2 aromatic rings. The number of benzene rings is 1. The van der Waals surface area contributed by atoms with Gasteiger partial charge in [0.1, 0.15) is 0 Å². The average molecular weight is 358 g/mol. The molecule has 1 saturated heterocycles. The highest BCUT2D eigenvalue weighted by Crippen LogP contribution is 2.24. The Hall–Kier alpha value is -2.25. The smallest absolute Gasteiger partial charge is 0.255 e. The minimum Gasteiger partial charge on any atom is -0.379 e. The van der Waals surface area contributed by atoms with Crippen molar-refractivity contribution in [2.75, 3.05) is 26.7 Å². The first kappa shape index (κ1) is 18.5. The first-order valence-electron chi connectivity index (χ1n) is 9.00. The summed E-state index contributed by atoms with van der Waals surface area (Å²) in [6.07, 6.45) is 2.06. The fourth-order valence-corrected chi connectivity index (χ4v) is 3.47. The highest BCUT2D eigenvalue weighted by molar-refractivity contribution is 5.86. The van der Waals surface area contributed by atoms with Crippen LogP contribution in [0.1, 0.15) is 30.1 Å². The van der Waals surface area contributed by atoms with E-state index in [1.807, 2.05) is 30.1 Å². The van der Waals surface area contributed by atoms with Crippen molar-refractivity contribution < 1.29 is 14.4 Å². The fourth-order valence-electron chi connectivity index (χ4n) is 3.47. The van der Waals surface area contributed by atoms with E-state index < -0.39 is 5.60 Å². The zero-order valence-electron chi connectivity index (χ0n) is 15.4.